The number of esters is 1. The monoisotopic (exact) mass is 234 g/mol. The molecule has 4 heteroatoms. The highest BCUT2D eigenvalue weighted by Crippen LogP contribution is 2.01. The lowest BCUT2D eigenvalue weighted by Gasteiger charge is -1.99. The lowest BCUT2D eigenvalue weighted by atomic mass is 10.2. The molecular formula is C13H14O4. The molecule has 0 atom stereocenters. The van der Waals surface area contributed by atoms with Crippen LogP contribution < -0.4 is 0 Å². The van der Waals surface area contributed by atoms with E-state index in [1.807, 2.05) is 36.4 Å². The number of ether oxygens (including phenoxy) is 1. The molecule has 0 bridgehead atoms. The first-order chi connectivity index (χ1) is 8.18. The Bertz CT molecular complexity index is 395. The van der Waals surface area contributed by atoms with Crippen LogP contribution in [0, 0.1) is 0 Å². The topological polar surface area (TPSA) is 63.6 Å². The quantitative estimate of drug-likeness (QED) is 0.765. The van der Waals surface area contributed by atoms with Crippen molar-refractivity contribution >= 4 is 18.0 Å². The molecule has 0 heterocycles. The molecule has 1 aromatic rings. The first-order valence-electron chi connectivity index (χ1n) is 5.27. The van der Waals surface area contributed by atoms with Gasteiger partial charge in [-0.05, 0) is 11.6 Å². The second kappa shape index (κ2) is 7.22. The zero-order valence-electron chi connectivity index (χ0n) is 9.33. The average Bonchev–Trinajstić information content (AvgIpc) is 2.33. The van der Waals surface area contributed by atoms with Gasteiger partial charge in [0.2, 0.25) is 0 Å². The second-order valence-electron chi connectivity index (χ2n) is 3.39. The molecule has 0 saturated heterocycles. The predicted octanol–water partition coefficient (Wildman–Crippen LogP) is 2.11. The van der Waals surface area contributed by atoms with E-state index in [0.717, 1.165) is 5.56 Å². The van der Waals surface area contributed by atoms with Crippen molar-refractivity contribution in [2.24, 2.45) is 0 Å². The van der Waals surface area contributed by atoms with Crippen molar-refractivity contribution < 1.29 is 19.4 Å². The number of aliphatic carboxylic acids is 1. The van der Waals surface area contributed by atoms with E-state index in [1.54, 1.807) is 6.08 Å². The van der Waals surface area contributed by atoms with Gasteiger partial charge in [-0.1, -0.05) is 36.4 Å². The summed E-state index contributed by atoms with van der Waals surface area (Å²) in [6, 6.07) is 9.62. The van der Waals surface area contributed by atoms with Crippen molar-refractivity contribution in [3.63, 3.8) is 0 Å². The highest BCUT2D eigenvalue weighted by atomic mass is 16.5. The van der Waals surface area contributed by atoms with Crippen LogP contribution in [0.15, 0.2) is 36.4 Å². The summed E-state index contributed by atoms with van der Waals surface area (Å²) >= 11 is 0. The van der Waals surface area contributed by atoms with Gasteiger partial charge >= 0.3 is 11.9 Å². The fraction of sp³-hybridized carbons (Fsp3) is 0.231. The number of carboxylic acids is 1. The Morgan fingerprint density at radius 1 is 1.18 bits per heavy atom. The summed E-state index contributed by atoms with van der Waals surface area (Å²) < 4.78 is 4.83. The minimum absolute atomic E-state index is 0.0888. The SMILES string of the molecule is O=C(O)CCC(=O)OCC=Cc1ccccc1. The lowest BCUT2D eigenvalue weighted by Crippen LogP contribution is -2.07. The summed E-state index contributed by atoms with van der Waals surface area (Å²) in [5.41, 5.74) is 1.02. The molecule has 1 aromatic carbocycles. The van der Waals surface area contributed by atoms with Gasteiger partial charge in [0.25, 0.3) is 0 Å². The first kappa shape index (κ1) is 13.0. The third-order valence-corrected chi connectivity index (χ3v) is 1.99. The Kier molecular flexibility index (Phi) is 5.51. The number of hydrogen-bond acceptors (Lipinski definition) is 3. The van der Waals surface area contributed by atoms with Crippen LogP contribution in [-0.4, -0.2) is 23.7 Å². The van der Waals surface area contributed by atoms with E-state index >= 15 is 0 Å². The maximum atomic E-state index is 11.0. The Morgan fingerprint density at radius 3 is 2.53 bits per heavy atom. The van der Waals surface area contributed by atoms with E-state index in [-0.39, 0.29) is 19.4 Å². The fourth-order valence-electron chi connectivity index (χ4n) is 1.17. The van der Waals surface area contributed by atoms with Crippen LogP contribution >= 0.6 is 0 Å². The maximum Gasteiger partial charge on any atom is 0.306 e. The van der Waals surface area contributed by atoms with Gasteiger partial charge in [-0.25, -0.2) is 0 Å². The van der Waals surface area contributed by atoms with Crippen LogP contribution in [0.25, 0.3) is 6.08 Å². The van der Waals surface area contributed by atoms with Crippen molar-refractivity contribution in [3.05, 3.63) is 42.0 Å². The van der Waals surface area contributed by atoms with E-state index in [4.69, 9.17) is 9.84 Å². The van der Waals surface area contributed by atoms with Crippen molar-refractivity contribution in [2.45, 2.75) is 12.8 Å². The van der Waals surface area contributed by atoms with E-state index in [2.05, 4.69) is 0 Å². The summed E-state index contributed by atoms with van der Waals surface area (Å²) in [4.78, 5) is 21.2. The number of hydrogen-bond donors (Lipinski definition) is 1. The van der Waals surface area contributed by atoms with Gasteiger partial charge in [-0.2, -0.15) is 0 Å². The molecule has 1 N–H and O–H groups in total. The van der Waals surface area contributed by atoms with Crippen LogP contribution in [0.3, 0.4) is 0 Å². The molecule has 17 heavy (non-hydrogen) atoms. The van der Waals surface area contributed by atoms with E-state index in [1.165, 1.54) is 0 Å². The molecule has 0 aromatic heterocycles. The highest BCUT2D eigenvalue weighted by molar-refractivity contribution is 5.76. The van der Waals surface area contributed by atoms with Crippen LogP contribution in [0.5, 0.6) is 0 Å². The molecule has 0 aliphatic carbocycles. The number of carboxylic acid groups (broad SMARTS) is 1. The molecule has 0 aliphatic heterocycles. The molecule has 0 unspecified atom stereocenters. The van der Waals surface area contributed by atoms with Gasteiger partial charge in [-0.3, -0.25) is 9.59 Å². The Labute approximate surface area is 99.5 Å². The fourth-order valence-corrected chi connectivity index (χ4v) is 1.17. The van der Waals surface area contributed by atoms with Gasteiger partial charge in [-0.15, -0.1) is 0 Å². The molecule has 0 fully saturated rings. The largest absolute Gasteiger partial charge is 0.481 e. The molecule has 0 spiro atoms. The van der Waals surface area contributed by atoms with E-state index in [9.17, 15) is 9.59 Å². The zero-order chi connectivity index (χ0) is 12.5. The minimum atomic E-state index is -0.998. The average molecular weight is 234 g/mol. The Hall–Kier alpha value is -2.10. The van der Waals surface area contributed by atoms with Crippen LogP contribution in [0.4, 0.5) is 0 Å². The number of rotatable bonds is 6. The van der Waals surface area contributed by atoms with Gasteiger partial charge in [0.05, 0.1) is 12.8 Å². The molecule has 1 rings (SSSR count). The van der Waals surface area contributed by atoms with Gasteiger partial charge < -0.3 is 9.84 Å². The number of carbonyl (C=O) groups is 2. The standard InChI is InChI=1S/C13H14O4/c14-12(15)8-9-13(16)17-10-4-7-11-5-2-1-3-6-11/h1-7H,8-10H2,(H,14,15). The van der Waals surface area contributed by atoms with E-state index < -0.39 is 11.9 Å². The summed E-state index contributed by atoms with van der Waals surface area (Å²) in [7, 11) is 0. The predicted molar refractivity (Wildman–Crippen MR) is 63.3 cm³/mol. The third kappa shape index (κ3) is 6.14. The van der Waals surface area contributed by atoms with Crippen LogP contribution in [-0.2, 0) is 14.3 Å². The molecular weight excluding hydrogens is 220 g/mol. The summed E-state index contributed by atoms with van der Waals surface area (Å²) in [5.74, 6) is -1.49. The smallest absolute Gasteiger partial charge is 0.306 e. The lowest BCUT2D eigenvalue weighted by molar-refractivity contribution is -0.146. The first-order valence-corrected chi connectivity index (χ1v) is 5.27. The minimum Gasteiger partial charge on any atom is -0.481 e. The number of carbonyl (C=O) groups excluding carboxylic acids is 1. The van der Waals surface area contributed by atoms with Crippen molar-refractivity contribution in [2.75, 3.05) is 6.61 Å². The molecule has 0 radical (unpaired) electrons. The number of benzene rings is 1. The normalized spacial score (nSPS) is 10.4. The zero-order valence-corrected chi connectivity index (χ0v) is 9.33. The van der Waals surface area contributed by atoms with Crippen molar-refractivity contribution in [1.29, 1.82) is 0 Å². The van der Waals surface area contributed by atoms with Crippen molar-refractivity contribution in [3.8, 4) is 0 Å². The summed E-state index contributed by atoms with van der Waals surface area (Å²) in [6.07, 6.45) is 3.27. The third-order valence-electron chi connectivity index (χ3n) is 1.99. The van der Waals surface area contributed by atoms with Crippen molar-refractivity contribution in [1.82, 2.24) is 0 Å². The Morgan fingerprint density at radius 2 is 1.88 bits per heavy atom. The molecule has 0 amide bonds. The van der Waals surface area contributed by atoms with Gasteiger partial charge in [0, 0.05) is 0 Å². The maximum absolute atomic E-state index is 11.0. The van der Waals surface area contributed by atoms with Crippen LogP contribution in [0.2, 0.25) is 0 Å². The highest BCUT2D eigenvalue weighted by Gasteiger charge is 2.04. The van der Waals surface area contributed by atoms with Gasteiger partial charge in [0.1, 0.15) is 6.61 Å². The van der Waals surface area contributed by atoms with E-state index in [0.29, 0.717) is 0 Å². The molecule has 0 saturated carbocycles. The van der Waals surface area contributed by atoms with Crippen LogP contribution in [0.1, 0.15) is 18.4 Å². The summed E-state index contributed by atoms with van der Waals surface area (Å²) in [5, 5.41) is 8.36. The summed E-state index contributed by atoms with van der Waals surface area (Å²) in [6.45, 7) is 0.160. The molecule has 4 nitrogen and oxygen atoms in total. The molecule has 90 valence electrons. The second-order valence-corrected chi connectivity index (χ2v) is 3.39. The molecule has 0 aliphatic rings. The Balaban J connectivity index is 2.21. The van der Waals surface area contributed by atoms with Gasteiger partial charge in [0.15, 0.2) is 0 Å².